The van der Waals surface area contributed by atoms with Crippen LogP contribution in [0.1, 0.15) is 23.5 Å². The fraction of sp³-hybridized carbons (Fsp3) is 0.292. The summed E-state index contributed by atoms with van der Waals surface area (Å²) >= 11 is 6.14. The Morgan fingerprint density at radius 2 is 1.71 bits per heavy atom. The normalized spacial score (nSPS) is 25.2. The zero-order valence-corrected chi connectivity index (χ0v) is 19.3. The maximum Gasteiger partial charge on any atom is 0.224 e. The van der Waals surface area contributed by atoms with Crippen molar-refractivity contribution in [3.8, 4) is 0 Å². The number of ether oxygens (including phenoxy) is 1. The molecule has 1 saturated heterocycles. The molecule has 3 heterocycles. The number of halogens is 1. The lowest BCUT2D eigenvalue weighted by Crippen LogP contribution is -2.46. The van der Waals surface area contributed by atoms with Gasteiger partial charge in [0, 0.05) is 17.4 Å². The van der Waals surface area contributed by atoms with Crippen LogP contribution in [0.5, 0.6) is 0 Å². The van der Waals surface area contributed by atoms with Gasteiger partial charge >= 0.3 is 0 Å². The molecule has 1 aliphatic rings. The topological polar surface area (TPSA) is 166 Å². The first-order chi connectivity index (χ1) is 16.8. The number of nitrogens with zero attached hydrogens (tertiary/aromatic N) is 4. The number of rotatable bonds is 6. The van der Waals surface area contributed by atoms with Crippen LogP contribution >= 0.6 is 11.6 Å². The molecule has 1 fully saturated rings. The molecule has 182 valence electrons. The van der Waals surface area contributed by atoms with Crippen molar-refractivity contribution in [2.75, 3.05) is 18.1 Å². The van der Waals surface area contributed by atoms with E-state index in [4.69, 9.17) is 27.8 Å². The lowest BCUT2D eigenvalue weighted by molar-refractivity contribution is -0.152. The van der Waals surface area contributed by atoms with Gasteiger partial charge in [0.05, 0.1) is 12.9 Å². The predicted molar refractivity (Wildman–Crippen MR) is 130 cm³/mol. The van der Waals surface area contributed by atoms with E-state index in [1.165, 1.54) is 10.9 Å². The molecule has 5 atom stereocenters. The van der Waals surface area contributed by atoms with Gasteiger partial charge in [0.15, 0.2) is 17.2 Å². The number of fused-ring (bicyclic) bond motifs is 1. The van der Waals surface area contributed by atoms with Gasteiger partial charge in [-0.2, -0.15) is 9.97 Å². The first-order valence-electron chi connectivity index (χ1n) is 11.1. The van der Waals surface area contributed by atoms with Crippen molar-refractivity contribution in [3.63, 3.8) is 0 Å². The molecule has 35 heavy (non-hydrogen) atoms. The van der Waals surface area contributed by atoms with Gasteiger partial charge in [-0.25, -0.2) is 4.98 Å². The molecule has 0 amide bonds. The van der Waals surface area contributed by atoms with Crippen LogP contribution in [0.25, 0.3) is 11.2 Å². The van der Waals surface area contributed by atoms with Crippen LogP contribution in [0.3, 0.4) is 0 Å². The van der Waals surface area contributed by atoms with E-state index in [9.17, 15) is 15.3 Å². The predicted octanol–water partition coefficient (Wildman–Crippen LogP) is 1.63. The summed E-state index contributed by atoms with van der Waals surface area (Å²) in [5.74, 6) is -0.303. The van der Waals surface area contributed by atoms with E-state index in [0.717, 1.165) is 11.1 Å². The van der Waals surface area contributed by atoms with E-state index in [1.807, 2.05) is 42.5 Å². The quantitative estimate of drug-likeness (QED) is 0.266. The summed E-state index contributed by atoms with van der Waals surface area (Å²) in [5.41, 5.74) is 12.7. The molecule has 11 heteroatoms. The van der Waals surface area contributed by atoms with E-state index in [2.05, 4.69) is 15.0 Å². The average molecular weight is 497 g/mol. The van der Waals surface area contributed by atoms with Crippen molar-refractivity contribution in [1.82, 2.24) is 19.5 Å². The fourth-order valence-corrected chi connectivity index (χ4v) is 4.93. The summed E-state index contributed by atoms with van der Waals surface area (Å²) in [6.07, 6.45) is -2.26. The zero-order valence-electron chi connectivity index (χ0n) is 18.6. The van der Waals surface area contributed by atoms with E-state index in [-0.39, 0.29) is 35.3 Å². The van der Waals surface area contributed by atoms with Crippen LogP contribution < -0.4 is 11.5 Å². The minimum absolute atomic E-state index is 0.0732. The monoisotopic (exact) mass is 496 g/mol. The van der Waals surface area contributed by atoms with Gasteiger partial charge in [-0.05, 0) is 23.3 Å². The molecule has 2 aromatic heterocycles. The second kappa shape index (κ2) is 9.06. The molecular formula is C24H25ClN6O4. The van der Waals surface area contributed by atoms with Gasteiger partial charge in [0.1, 0.15) is 23.8 Å². The SMILES string of the molecule is Nc1nc(N)c2ncn([C@]3(CC(c4ccccc4)c4ccc(Cl)cc4)O[C@H](CO)[C@@H](O)[C@H]3O)c2n1. The van der Waals surface area contributed by atoms with Gasteiger partial charge < -0.3 is 31.5 Å². The lowest BCUT2D eigenvalue weighted by Gasteiger charge is -2.37. The van der Waals surface area contributed by atoms with Gasteiger partial charge in [0.25, 0.3) is 0 Å². The number of imidazole rings is 1. The smallest absolute Gasteiger partial charge is 0.224 e. The van der Waals surface area contributed by atoms with Crippen LogP contribution in [0.15, 0.2) is 60.9 Å². The first kappa shape index (κ1) is 23.5. The highest BCUT2D eigenvalue weighted by Gasteiger charge is 2.57. The second-order valence-electron chi connectivity index (χ2n) is 8.59. The Morgan fingerprint density at radius 3 is 2.37 bits per heavy atom. The van der Waals surface area contributed by atoms with Crippen molar-refractivity contribution in [2.24, 2.45) is 0 Å². The number of nitrogen functional groups attached to an aromatic ring is 2. The average Bonchev–Trinajstić information content (AvgIpc) is 3.39. The number of hydrogen-bond acceptors (Lipinski definition) is 9. The zero-order chi connectivity index (χ0) is 24.7. The van der Waals surface area contributed by atoms with E-state index in [1.54, 1.807) is 12.1 Å². The van der Waals surface area contributed by atoms with Gasteiger partial charge in [0.2, 0.25) is 5.95 Å². The van der Waals surface area contributed by atoms with Crippen LogP contribution in [-0.4, -0.2) is 59.8 Å². The number of aliphatic hydroxyl groups is 3. The standard InChI is InChI=1S/C24H25ClN6O4/c25-15-8-6-14(7-9-15)16(13-4-2-1-3-5-13)10-24(20(34)19(33)17(11-32)35-24)31-12-28-18-21(26)29-23(27)30-22(18)31/h1-9,12,16-17,19-20,32-34H,10-11H2,(H4,26,27,29,30)/t16?,17-,19-,20-,24-/m1/s1. The van der Waals surface area contributed by atoms with Crippen molar-refractivity contribution < 1.29 is 20.1 Å². The maximum atomic E-state index is 11.4. The molecule has 1 aliphatic heterocycles. The van der Waals surface area contributed by atoms with Crippen molar-refractivity contribution in [1.29, 1.82) is 0 Å². The molecule has 5 rings (SSSR count). The van der Waals surface area contributed by atoms with E-state index >= 15 is 0 Å². The number of anilines is 2. The number of hydrogen-bond donors (Lipinski definition) is 5. The van der Waals surface area contributed by atoms with Gasteiger partial charge in [-0.15, -0.1) is 0 Å². The summed E-state index contributed by atoms with van der Waals surface area (Å²) in [7, 11) is 0. The maximum absolute atomic E-state index is 11.4. The molecule has 4 aromatic rings. The molecule has 2 aromatic carbocycles. The number of aromatic nitrogens is 4. The lowest BCUT2D eigenvalue weighted by atomic mass is 9.82. The summed E-state index contributed by atoms with van der Waals surface area (Å²) in [6.45, 7) is -0.497. The fourth-order valence-electron chi connectivity index (χ4n) is 4.80. The third-order valence-electron chi connectivity index (χ3n) is 6.52. The molecule has 0 radical (unpaired) electrons. The Labute approximate surface area is 205 Å². The van der Waals surface area contributed by atoms with Gasteiger partial charge in [-0.3, -0.25) is 4.57 Å². The summed E-state index contributed by atoms with van der Waals surface area (Å²) in [6, 6.07) is 17.1. The minimum Gasteiger partial charge on any atom is -0.394 e. The summed E-state index contributed by atoms with van der Waals surface area (Å²) in [5, 5.41) is 32.7. The largest absolute Gasteiger partial charge is 0.394 e. The van der Waals surface area contributed by atoms with Crippen molar-refractivity contribution in [3.05, 3.63) is 77.1 Å². The van der Waals surface area contributed by atoms with Crippen molar-refractivity contribution in [2.45, 2.75) is 36.4 Å². The van der Waals surface area contributed by atoms with E-state index < -0.39 is 30.6 Å². The highest BCUT2D eigenvalue weighted by Crippen LogP contribution is 2.46. The molecule has 10 nitrogen and oxygen atoms in total. The van der Waals surface area contributed by atoms with Gasteiger partial charge in [-0.1, -0.05) is 54.1 Å². The second-order valence-corrected chi connectivity index (χ2v) is 9.03. The molecule has 0 bridgehead atoms. The van der Waals surface area contributed by atoms with Crippen LogP contribution in [0.2, 0.25) is 5.02 Å². The molecular weight excluding hydrogens is 472 g/mol. The number of aliphatic hydroxyl groups excluding tert-OH is 3. The Morgan fingerprint density at radius 1 is 1.03 bits per heavy atom. The Bertz CT molecular complexity index is 1340. The van der Waals surface area contributed by atoms with Crippen LogP contribution in [0, 0.1) is 0 Å². The Kier molecular flexibility index (Phi) is 6.07. The summed E-state index contributed by atoms with van der Waals surface area (Å²) < 4.78 is 7.78. The highest BCUT2D eigenvalue weighted by molar-refractivity contribution is 6.30. The molecule has 0 aliphatic carbocycles. The molecule has 1 unspecified atom stereocenters. The number of benzene rings is 2. The highest BCUT2D eigenvalue weighted by atomic mass is 35.5. The molecule has 7 N–H and O–H groups in total. The Hall–Kier alpha value is -3.28. The molecule has 0 saturated carbocycles. The third-order valence-corrected chi connectivity index (χ3v) is 6.77. The minimum atomic E-state index is -1.57. The van der Waals surface area contributed by atoms with Crippen LogP contribution in [0.4, 0.5) is 11.8 Å². The van der Waals surface area contributed by atoms with Crippen molar-refractivity contribution >= 4 is 34.5 Å². The molecule has 0 spiro atoms. The van der Waals surface area contributed by atoms with E-state index in [0.29, 0.717) is 5.02 Å². The summed E-state index contributed by atoms with van der Waals surface area (Å²) in [4.78, 5) is 12.6. The first-order valence-corrected chi connectivity index (χ1v) is 11.4. The van der Waals surface area contributed by atoms with Crippen LogP contribution in [-0.2, 0) is 10.5 Å². The number of nitrogens with two attached hydrogens (primary N) is 2. The Balaban J connectivity index is 1.71. The third kappa shape index (κ3) is 3.99.